The molecular formula is C20H31NO7S. The van der Waals surface area contributed by atoms with Crippen molar-refractivity contribution in [3.8, 4) is 5.75 Å². The van der Waals surface area contributed by atoms with Crippen molar-refractivity contribution in [2.45, 2.75) is 71.6 Å². The first-order chi connectivity index (χ1) is 13.0. The second kappa shape index (κ2) is 9.47. The third-order valence-corrected chi connectivity index (χ3v) is 3.70. The molecule has 0 aliphatic heterocycles. The lowest BCUT2D eigenvalue weighted by molar-refractivity contribution is -0.155. The molecule has 1 atom stereocenters. The monoisotopic (exact) mass is 429 g/mol. The van der Waals surface area contributed by atoms with E-state index in [9.17, 15) is 18.0 Å². The van der Waals surface area contributed by atoms with Crippen LogP contribution < -0.4 is 9.50 Å². The van der Waals surface area contributed by atoms with Crippen LogP contribution in [-0.4, -0.2) is 44.0 Å². The number of benzene rings is 1. The summed E-state index contributed by atoms with van der Waals surface area (Å²) in [6, 6.07) is 5.78. The van der Waals surface area contributed by atoms with Gasteiger partial charge in [0, 0.05) is 6.04 Å². The Morgan fingerprint density at radius 2 is 1.48 bits per heavy atom. The minimum Gasteiger partial charge on any atom is -0.460 e. The second-order valence-corrected chi connectivity index (χ2v) is 10.3. The Labute approximate surface area is 173 Å². The molecule has 1 unspecified atom stereocenters. The molecular weight excluding hydrogens is 398 g/mol. The molecule has 1 rings (SSSR count). The van der Waals surface area contributed by atoms with Crippen LogP contribution in [0, 0.1) is 0 Å². The highest BCUT2D eigenvalue weighted by molar-refractivity contribution is 7.86. The second-order valence-electron chi connectivity index (χ2n) is 8.77. The zero-order valence-corrected chi connectivity index (χ0v) is 18.9. The van der Waals surface area contributed by atoms with Crippen LogP contribution in [0.3, 0.4) is 0 Å². The number of carbonyl (C=O) groups is 2. The summed E-state index contributed by atoms with van der Waals surface area (Å²) < 4.78 is 37.8. The van der Waals surface area contributed by atoms with Gasteiger partial charge in [-0.15, -0.1) is 0 Å². The molecule has 1 aromatic carbocycles. The summed E-state index contributed by atoms with van der Waals surface area (Å²) in [5, 5.41) is 2.70. The van der Waals surface area contributed by atoms with Gasteiger partial charge in [0.2, 0.25) is 0 Å². The normalized spacial score (nSPS) is 13.3. The minimum absolute atomic E-state index is 0.0435. The Morgan fingerprint density at radius 1 is 0.966 bits per heavy atom. The predicted molar refractivity (Wildman–Crippen MR) is 109 cm³/mol. The number of alkyl carbamates (subject to hydrolysis) is 1. The Morgan fingerprint density at radius 3 is 1.93 bits per heavy atom. The Kier molecular flexibility index (Phi) is 8.08. The van der Waals surface area contributed by atoms with E-state index in [4.69, 9.17) is 13.7 Å². The van der Waals surface area contributed by atoms with Crippen molar-refractivity contribution in [2.24, 2.45) is 0 Å². The van der Waals surface area contributed by atoms with Crippen molar-refractivity contribution < 1.29 is 31.7 Å². The van der Waals surface area contributed by atoms with E-state index in [0.29, 0.717) is 6.42 Å². The third kappa shape index (κ3) is 12.0. The van der Waals surface area contributed by atoms with E-state index >= 15 is 0 Å². The smallest absolute Gasteiger partial charge is 0.407 e. The number of rotatable bonds is 7. The van der Waals surface area contributed by atoms with Crippen molar-refractivity contribution in [2.75, 3.05) is 6.26 Å². The van der Waals surface area contributed by atoms with Gasteiger partial charge in [0.05, 0.1) is 12.7 Å². The lowest BCUT2D eigenvalue weighted by atomic mass is 10.0. The highest BCUT2D eigenvalue weighted by Gasteiger charge is 2.24. The van der Waals surface area contributed by atoms with Crippen LogP contribution in [0.4, 0.5) is 4.79 Å². The van der Waals surface area contributed by atoms with Gasteiger partial charge in [-0.3, -0.25) is 4.79 Å². The zero-order chi connectivity index (χ0) is 22.5. The fourth-order valence-corrected chi connectivity index (χ4v) is 2.83. The molecule has 0 bridgehead atoms. The van der Waals surface area contributed by atoms with Gasteiger partial charge in [0.15, 0.2) is 0 Å². The van der Waals surface area contributed by atoms with Gasteiger partial charge >= 0.3 is 22.2 Å². The summed E-state index contributed by atoms with van der Waals surface area (Å²) in [5.41, 5.74) is -0.543. The van der Waals surface area contributed by atoms with Gasteiger partial charge < -0.3 is 19.0 Å². The molecule has 0 saturated heterocycles. The first-order valence-electron chi connectivity index (χ1n) is 9.22. The average molecular weight is 430 g/mol. The molecule has 1 N–H and O–H groups in total. The molecule has 0 aliphatic rings. The first kappa shape index (κ1) is 24.7. The summed E-state index contributed by atoms with van der Waals surface area (Å²) in [7, 11) is -3.61. The minimum atomic E-state index is -3.61. The van der Waals surface area contributed by atoms with E-state index in [0.717, 1.165) is 11.8 Å². The van der Waals surface area contributed by atoms with Gasteiger partial charge in [-0.1, -0.05) is 12.1 Å². The maximum absolute atomic E-state index is 12.2. The Balaban J connectivity index is 2.89. The topological polar surface area (TPSA) is 108 Å². The van der Waals surface area contributed by atoms with Crippen molar-refractivity contribution in [1.82, 2.24) is 5.32 Å². The number of hydrogen-bond donors (Lipinski definition) is 1. The van der Waals surface area contributed by atoms with E-state index in [-0.39, 0.29) is 12.2 Å². The van der Waals surface area contributed by atoms with Crippen LogP contribution in [0.5, 0.6) is 5.75 Å². The van der Waals surface area contributed by atoms with Crippen molar-refractivity contribution in [1.29, 1.82) is 0 Å². The lowest BCUT2D eigenvalue weighted by Crippen LogP contribution is -2.42. The molecule has 29 heavy (non-hydrogen) atoms. The summed E-state index contributed by atoms with van der Waals surface area (Å²) >= 11 is 0. The van der Waals surface area contributed by atoms with E-state index in [1.54, 1.807) is 53.7 Å². The molecule has 9 heteroatoms. The fourth-order valence-electron chi connectivity index (χ4n) is 2.37. The summed E-state index contributed by atoms with van der Waals surface area (Å²) in [6.45, 7) is 10.5. The van der Waals surface area contributed by atoms with Crippen molar-refractivity contribution in [3.63, 3.8) is 0 Å². The van der Waals surface area contributed by atoms with Crippen LogP contribution in [0.1, 0.15) is 53.5 Å². The van der Waals surface area contributed by atoms with Crippen molar-refractivity contribution >= 4 is 22.2 Å². The van der Waals surface area contributed by atoms with Crippen LogP contribution >= 0.6 is 0 Å². The molecule has 8 nitrogen and oxygen atoms in total. The van der Waals surface area contributed by atoms with E-state index < -0.39 is 39.4 Å². The average Bonchev–Trinajstić information content (AvgIpc) is 2.43. The highest BCUT2D eigenvalue weighted by atomic mass is 32.2. The highest BCUT2D eigenvalue weighted by Crippen LogP contribution is 2.17. The van der Waals surface area contributed by atoms with E-state index in [1.165, 1.54) is 12.1 Å². The van der Waals surface area contributed by atoms with Crippen molar-refractivity contribution in [3.05, 3.63) is 29.8 Å². The number of carbonyl (C=O) groups excluding carboxylic acids is 2. The number of hydrogen-bond acceptors (Lipinski definition) is 7. The lowest BCUT2D eigenvalue weighted by Gasteiger charge is -2.25. The third-order valence-electron chi connectivity index (χ3n) is 3.21. The summed E-state index contributed by atoms with van der Waals surface area (Å²) in [6.07, 6.45) is 0.598. The predicted octanol–water partition coefficient (Wildman–Crippen LogP) is 3.19. The molecule has 0 spiro atoms. The standard InChI is InChI=1S/C20H31NO7S/c1-19(2,3)26-17(22)13-15(21-18(23)27-20(4,5)6)12-14-8-10-16(11-9-14)28-29(7,24)25/h8-11,15H,12-13H2,1-7H3,(H,21,23). The molecule has 1 amide bonds. The summed E-state index contributed by atoms with van der Waals surface area (Å²) in [5.74, 6) is -0.268. The van der Waals surface area contributed by atoms with Crippen LogP contribution in [0.25, 0.3) is 0 Å². The SMILES string of the molecule is CC(C)(C)OC(=O)CC(Cc1ccc(OS(C)(=O)=O)cc1)NC(=O)OC(C)(C)C. The van der Waals surface area contributed by atoms with Crippen LogP contribution in [-0.2, 0) is 30.8 Å². The molecule has 0 radical (unpaired) electrons. The molecule has 0 heterocycles. The molecule has 0 aliphatic carbocycles. The molecule has 1 aromatic rings. The van der Waals surface area contributed by atoms with E-state index in [2.05, 4.69) is 5.32 Å². The van der Waals surface area contributed by atoms with Gasteiger partial charge in [0.1, 0.15) is 17.0 Å². The quantitative estimate of drug-likeness (QED) is 0.524. The van der Waals surface area contributed by atoms with Gasteiger partial charge in [0.25, 0.3) is 0 Å². The Bertz CT molecular complexity index is 773. The zero-order valence-electron chi connectivity index (χ0n) is 18.1. The Hall–Kier alpha value is -2.29. The van der Waals surface area contributed by atoms with Gasteiger partial charge in [-0.25, -0.2) is 4.79 Å². The maximum atomic E-state index is 12.2. The maximum Gasteiger partial charge on any atom is 0.407 e. The first-order valence-corrected chi connectivity index (χ1v) is 11.0. The summed E-state index contributed by atoms with van der Waals surface area (Å²) in [4.78, 5) is 24.4. The number of nitrogens with one attached hydrogen (secondary N) is 1. The van der Waals surface area contributed by atoms with Crippen LogP contribution in [0.2, 0.25) is 0 Å². The number of ether oxygens (including phenoxy) is 2. The van der Waals surface area contributed by atoms with Gasteiger partial charge in [-0.2, -0.15) is 8.42 Å². The number of esters is 1. The molecule has 0 aromatic heterocycles. The number of amides is 1. The molecule has 164 valence electrons. The fraction of sp³-hybridized carbons (Fsp3) is 0.600. The molecule has 0 saturated carbocycles. The van der Waals surface area contributed by atoms with Crippen LogP contribution in [0.15, 0.2) is 24.3 Å². The van der Waals surface area contributed by atoms with Gasteiger partial charge in [-0.05, 0) is 65.7 Å². The largest absolute Gasteiger partial charge is 0.460 e. The molecule has 0 fully saturated rings. The van der Waals surface area contributed by atoms with E-state index in [1.807, 2.05) is 0 Å².